The number of ether oxygens (including phenoxy) is 1. The van der Waals surface area contributed by atoms with Crippen molar-refractivity contribution in [3.05, 3.63) is 71.7 Å². The molecule has 0 unspecified atom stereocenters. The van der Waals surface area contributed by atoms with Gasteiger partial charge in [0.2, 0.25) is 5.82 Å². The smallest absolute Gasteiger partial charge is 0.341 e. The van der Waals surface area contributed by atoms with E-state index in [1.54, 1.807) is 10.9 Å². The van der Waals surface area contributed by atoms with Crippen LogP contribution in [0.25, 0.3) is 16.4 Å². The topological polar surface area (TPSA) is 83.0 Å². The Labute approximate surface area is 146 Å². The first kappa shape index (κ1) is 15.3. The number of aromatic nitrogens is 4. The number of thiophene rings is 1. The van der Waals surface area contributed by atoms with Crippen molar-refractivity contribution in [2.24, 2.45) is 0 Å². The number of carbonyl (C=O) groups is 1. The van der Waals surface area contributed by atoms with E-state index < -0.39 is 5.97 Å². The van der Waals surface area contributed by atoms with E-state index in [1.807, 2.05) is 47.8 Å². The van der Waals surface area contributed by atoms with E-state index in [0.29, 0.717) is 11.4 Å². The van der Waals surface area contributed by atoms with Crippen molar-refractivity contribution in [1.29, 1.82) is 0 Å². The summed E-state index contributed by atoms with van der Waals surface area (Å²) in [6.45, 7) is -0.0896. The lowest BCUT2D eigenvalue weighted by atomic mass is 10.3. The second-order valence-corrected chi connectivity index (χ2v) is 6.02. The molecule has 7 nitrogen and oxygen atoms in total. The SMILES string of the molecule is O=C(OCc1nc(-c2cccs2)no1)c1cnn(-c2ccccc2)c1. The Morgan fingerprint density at radius 1 is 1.20 bits per heavy atom. The summed E-state index contributed by atoms with van der Waals surface area (Å²) in [5.74, 6) is 0.225. The number of hydrogen-bond donors (Lipinski definition) is 0. The predicted octanol–water partition coefficient (Wildman–Crippen LogP) is 3.34. The van der Waals surface area contributed by atoms with Gasteiger partial charge in [-0.05, 0) is 23.6 Å². The summed E-state index contributed by atoms with van der Waals surface area (Å²) >= 11 is 1.51. The van der Waals surface area contributed by atoms with Gasteiger partial charge in [0.1, 0.15) is 0 Å². The monoisotopic (exact) mass is 352 g/mol. The van der Waals surface area contributed by atoms with Crippen LogP contribution in [0, 0.1) is 0 Å². The number of nitrogens with zero attached hydrogens (tertiary/aromatic N) is 4. The molecule has 0 aliphatic heterocycles. The Balaban J connectivity index is 1.40. The summed E-state index contributed by atoms with van der Waals surface area (Å²) in [6.07, 6.45) is 3.07. The lowest BCUT2D eigenvalue weighted by molar-refractivity contribution is 0.0430. The summed E-state index contributed by atoms with van der Waals surface area (Å²) in [5, 5.41) is 9.96. The van der Waals surface area contributed by atoms with E-state index >= 15 is 0 Å². The molecule has 0 radical (unpaired) electrons. The molecule has 4 aromatic rings. The molecule has 4 rings (SSSR count). The number of esters is 1. The van der Waals surface area contributed by atoms with Gasteiger partial charge in [0, 0.05) is 6.20 Å². The summed E-state index contributed by atoms with van der Waals surface area (Å²) in [5.41, 5.74) is 1.21. The van der Waals surface area contributed by atoms with Gasteiger partial charge in [-0.2, -0.15) is 10.1 Å². The molecule has 0 saturated heterocycles. The molecule has 0 bridgehead atoms. The van der Waals surface area contributed by atoms with Gasteiger partial charge in [-0.25, -0.2) is 9.48 Å². The van der Waals surface area contributed by atoms with Gasteiger partial charge < -0.3 is 9.26 Å². The van der Waals surface area contributed by atoms with E-state index in [4.69, 9.17) is 9.26 Å². The summed E-state index contributed by atoms with van der Waals surface area (Å²) < 4.78 is 11.9. The average molecular weight is 352 g/mol. The second-order valence-electron chi connectivity index (χ2n) is 5.07. The van der Waals surface area contributed by atoms with E-state index in [2.05, 4.69) is 15.2 Å². The molecule has 1 aromatic carbocycles. The standard InChI is InChI=1S/C17H12N4O3S/c22-17(12-9-18-21(10-12)13-5-2-1-3-6-13)23-11-15-19-16(20-24-15)14-7-4-8-25-14/h1-10H,11H2. The van der Waals surface area contributed by atoms with Crippen LogP contribution in [0.2, 0.25) is 0 Å². The molecule has 0 atom stereocenters. The molecule has 25 heavy (non-hydrogen) atoms. The number of hydrogen-bond acceptors (Lipinski definition) is 7. The largest absolute Gasteiger partial charge is 0.452 e. The molecule has 3 heterocycles. The molecule has 0 aliphatic carbocycles. The molecule has 0 saturated carbocycles. The van der Waals surface area contributed by atoms with E-state index in [1.165, 1.54) is 17.5 Å². The summed E-state index contributed by atoms with van der Waals surface area (Å²) in [6, 6.07) is 13.3. The lowest BCUT2D eigenvalue weighted by Crippen LogP contribution is -2.04. The predicted molar refractivity (Wildman–Crippen MR) is 90.3 cm³/mol. The van der Waals surface area contributed by atoms with Crippen LogP contribution in [0.4, 0.5) is 0 Å². The van der Waals surface area contributed by atoms with Gasteiger partial charge in [0.25, 0.3) is 5.89 Å². The first-order chi connectivity index (χ1) is 12.3. The maximum absolute atomic E-state index is 12.1. The Bertz CT molecular complexity index is 976. The van der Waals surface area contributed by atoms with Crippen LogP contribution < -0.4 is 0 Å². The fourth-order valence-electron chi connectivity index (χ4n) is 2.18. The van der Waals surface area contributed by atoms with Crippen molar-refractivity contribution in [1.82, 2.24) is 19.9 Å². The van der Waals surface area contributed by atoms with Crippen molar-refractivity contribution in [2.45, 2.75) is 6.61 Å². The molecule has 3 aromatic heterocycles. The van der Waals surface area contributed by atoms with Crippen molar-refractivity contribution in [2.75, 3.05) is 0 Å². The second kappa shape index (κ2) is 6.70. The minimum Gasteiger partial charge on any atom is -0.452 e. The quantitative estimate of drug-likeness (QED) is 0.512. The number of rotatable bonds is 5. The minimum atomic E-state index is -0.502. The molecular formula is C17H12N4O3S. The zero-order valence-electron chi connectivity index (χ0n) is 12.9. The van der Waals surface area contributed by atoms with Crippen molar-refractivity contribution in [3.63, 3.8) is 0 Å². The molecule has 0 fully saturated rings. The van der Waals surface area contributed by atoms with Crippen molar-refractivity contribution in [3.8, 4) is 16.4 Å². The number of para-hydroxylation sites is 1. The first-order valence-electron chi connectivity index (χ1n) is 7.43. The molecule has 0 N–H and O–H groups in total. The fraction of sp³-hybridized carbons (Fsp3) is 0.0588. The molecule has 124 valence electrons. The highest BCUT2D eigenvalue weighted by atomic mass is 32.1. The van der Waals surface area contributed by atoms with Crippen LogP contribution >= 0.6 is 11.3 Å². The lowest BCUT2D eigenvalue weighted by Gasteiger charge is -2.00. The summed E-state index contributed by atoms with van der Waals surface area (Å²) in [4.78, 5) is 17.2. The highest BCUT2D eigenvalue weighted by Gasteiger charge is 2.14. The Morgan fingerprint density at radius 3 is 2.88 bits per heavy atom. The molecule has 0 amide bonds. The first-order valence-corrected chi connectivity index (χ1v) is 8.31. The Morgan fingerprint density at radius 2 is 2.08 bits per heavy atom. The highest BCUT2D eigenvalue weighted by Crippen LogP contribution is 2.21. The van der Waals surface area contributed by atoms with Gasteiger partial charge >= 0.3 is 5.97 Å². The van der Waals surface area contributed by atoms with Crippen molar-refractivity contribution < 1.29 is 14.1 Å². The van der Waals surface area contributed by atoms with Crippen LogP contribution in [-0.4, -0.2) is 25.9 Å². The molecule has 0 spiro atoms. The van der Waals surface area contributed by atoms with Crippen LogP contribution in [0.15, 0.2) is 64.8 Å². The maximum atomic E-state index is 12.1. The zero-order valence-corrected chi connectivity index (χ0v) is 13.7. The number of carbonyl (C=O) groups excluding carboxylic acids is 1. The Kier molecular flexibility index (Phi) is 4.09. The van der Waals surface area contributed by atoms with Crippen LogP contribution in [0.3, 0.4) is 0 Å². The van der Waals surface area contributed by atoms with E-state index in [-0.39, 0.29) is 12.5 Å². The van der Waals surface area contributed by atoms with Gasteiger partial charge in [-0.15, -0.1) is 11.3 Å². The van der Waals surface area contributed by atoms with Crippen LogP contribution in [0.1, 0.15) is 16.2 Å². The van der Waals surface area contributed by atoms with Gasteiger partial charge in [0.05, 0.1) is 22.3 Å². The third-order valence-electron chi connectivity index (χ3n) is 3.38. The normalized spacial score (nSPS) is 10.7. The molecule has 0 aliphatic rings. The average Bonchev–Trinajstić information content (AvgIpc) is 3.41. The summed E-state index contributed by atoms with van der Waals surface area (Å²) in [7, 11) is 0. The Hall–Kier alpha value is -3.26. The number of benzene rings is 1. The molecular weight excluding hydrogens is 340 g/mol. The van der Waals surface area contributed by atoms with Crippen molar-refractivity contribution >= 4 is 17.3 Å². The van der Waals surface area contributed by atoms with Gasteiger partial charge in [-0.1, -0.05) is 29.4 Å². The van der Waals surface area contributed by atoms with Gasteiger partial charge in [-0.3, -0.25) is 0 Å². The molecule has 8 heteroatoms. The minimum absolute atomic E-state index is 0.0896. The zero-order chi connectivity index (χ0) is 17.1. The maximum Gasteiger partial charge on any atom is 0.341 e. The van der Waals surface area contributed by atoms with Crippen LogP contribution in [-0.2, 0) is 11.3 Å². The highest BCUT2D eigenvalue weighted by molar-refractivity contribution is 7.13. The van der Waals surface area contributed by atoms with E-state index in [0.717, 1.165) is 10.6 Å². The van der Waals surface area contributed by atoms with Crippen LogP contribution in [0.5, 0.6) is 0 Å². The fourth-order valence-corrected chi connectivity index (χ4v) is 2.83. The third kappa shape index (κ3) is 3.33. The third-order valence-corrected chi connectivity index (χ3v) is 4.24. The van der Waals surface area contributed by atoms with E-state index in [9.17, 15) is 4.79 Å². The van der Waals surface area contributed by atoms with Gasteiger partial charge in [0.15, 0.2) is 6.61 Å².